The van der Waals surface area contributed by atoms with Gasteiger partial charge in [0.15, 0.2) is 11.3 Å². The summed E-state index contributed by atoms with van der Waals surface area (Å²) in [6, 6.07) is 21.4. The van der Waals surface area contributed by atoms with E-state index >= 15 is 0 Å². The molecular formula is C23H16ClFN4OS. The van der Waals surface area contributed by atoms with Gasteiger partial charge in [0, 0.05) is 21.6 Å². The van der Waals surface area contributed by atoms with Crippen LogP contribution in [0.25, 0.3) is 5.70 Å². The van der Waals surface area contributed by atoms with Gasteiger partial charge in [-0.2, -0.15) is 0 Å². The minimum atomic E-state index is -0.589. The van der Waals surface area contributed by atoms with Crippen LogP contribution in [0.15, 0.2) is 82.9 Å². The molecule has 5 nitrogen and oxygen atoms in total. The lowest BCUT2D eigenvalue weighted by Crippen LogP contribution is -2.50. The molecule has 5 rings (SSSR count). The van der Waals surface area contributed by atoms with Gasteiger partial charge in [-0.1, -0.05) is 78.0 Å². The SMILES string of the molecule is O=C1NC(SCc2ccccc2F)=NN2C1=c1ccccc1=N[C@@H]2c1ccccc1Cl. The summed E-state index contributed by atoms with van der Waals surface area (Å²) in [5.74, 6) is -0.245. The number of rotatable bonds is 3. The first kappa shape index (κ1) is 19.8. The predicted molar refractivity (Wildman–Crippen MR) is 120 cm³/mol. The lowest BCUT2D eigenvalue weighted by Gasteiger charge is -2.34. The third-order valence-electron chi connectivity index (χ3n) is 5.02. The Balaban J connectivity index is 1.58. The average molecular weight is 451 g/mol. The lowest BCUT2D eigenvalue weighted by molar-refractivity contribution is -0.116. The Morgan fingerprint density at radius 3 is 2.61 bits per heavy atom. The molecule has 0 saturated carbocycles. The summed E-state index contributed by atoms with van der Waals surface area (Å²) in [5, 5.41) is 11.4. The van der Waals surface area contributed by atoms with Crippen LogP contribution in [0.5, 0.6) is 0 Å². The van der Waals surface area contributed by atoms with Crippen molar-refractivity contribution in [1.29, 1.82) is 0 Å². The van der Waals surface area contributed by atoms with Crippen LogP contribution in [-0.4, -0.2) is 16.1 Å². The van der Waals surface area contributed by atoms with Gasteiger partial charge in [-0.3, -0.25) is 15.1 Å². The van der Waals surface area contributed by atoms with Crippen molar-refractivity contribution in [3.05, 3.63) is 105 Å². The maximum absolute atomic E-state index is 14.0. The first-order chi connectivity index (χ1) is 15.1. The first-order valence-corrected chi connectivity index (χ1v) is 10.9. The van der Waals surface area contributed by atoms with E-state index < -0.39 is 6.17 Å². The van der Waals surface area contributed by atoms with Gasteiger partial charge in [0.2, 0.25) is 0 Å². The Hall–Kier alpha value is -3.16. The molecular weight excluding hydrogens is 435 g/mol. The summed E-state index contributed by atoms with van der Waals surface area (Å²) in [5.41, 5.74) is 1.69. The summed E-state index contributed by atoms with van der Waals surface area (Å²) in [7, 11) is 0. The molecule has 0 bridgehead atoms. The molecule has 0 aliphatic carbocycles. The number of carbonyl (C=O) groups excluding carboxylic acids is 1. The van der Waals surface area contributed by atoms with Crippen LogP contribution in [0.3, 0.4) is 0 Å². The molecule has 1 atom stereocenters. The Labute approximate surface area is 186 Å². The number of thioether (sulfide) groups is 1. The molecule has 31 heavy (non-hydrogen) atoms. The largest absolute Gasteiger partial charge is 0.298 e. The van der Waals surface area contributed by atoms with Crippen molar-refractivity contribution in [1.82, 2.24) is 10.3 Å². The van der Waals surface area contributed by atoms with E-state index in [9.17, 15) is 9.18 Å². The number of nitrogens with one attached hydrogen (secondary N) is 1. The first-order valence-electron chi connectivity index (χ1n) is 9.59. The zero-order valence-corrected chi connectivity index (χ0v) is 17.7. The molecule has 1 amide bonds. The van der Waals surface area contributed by atoms with Gasteiger partial charge in [0.05, 0.1) is 5.36 Å². The number of halogens is 2. The van der Waals surface area contributed by atoms with Crippen molar-refractivity contribution in [2.24, 2.45) is 10.1 Å². The molecule has 8 heteroatoms. The topological polar surface area (TPSA) is 57.1 Å². The number of amidine groups is 1. The standard InChI is InChI=1S/C23H16ClFN4OS/c24-17-10-4-2-8-15(17)21-26-19-12-6-3-9-16(19)20-22(30)27-23(28-29(20)21)31-13-14-7-1-5-11-18(14)25/h1-12,21H,13H2,(H,27,28,30)/t21-/m0/s1. The molecule has 0 radical (unpaired) electrons. The molecule has 0 aromatic heterocycles. The zero-order chi connectivity index (χ0) is 21.4. The minimum Gasteiger partial charge on any atom is -0.298 e. The highest BCUT2D eigenvalue weighted by Crippen LogP contribution is 2.34. The van der Waals surface area contributed by atoms with Crippen LogP contribution in [0.4, 0.5) is 4.39 Å². The van der Waals surface area contributed by atoms with E-state index in [0.717, 1.165) is 5.56 Å². The summed E-state index contributed by atoms with van der Waals surface area (Å²) >= 11 is 7.71. The van der Waals surface area contributed by atoms with Crippen LogP contribution in [-0.2, 0) is 10.5 Å². The van der Waals surface area contributed by atoms with E-state index in [4.69, 9.17) is 16.6 Å². The molecule has 1 N–H and O–H groups in total. The van der Waals surface area contributed by atoms with Gasteiger partial charge >= 0.3 is 0 Å². The number of hydrogen-bond donors (Lipinski definition) is 1. The van der Waals surface area contributed by atoms with E-state index in [1.165, 1.54) is 17.8 Å². The van der Waals surface area contributed by atoms with E-state index in [1.807, 2.05) is 42.5 Å². The van der Waals surface area contributed by atoms with Gasteiger partial charge in [-0.05, 0) is 23.8 Å². The van der Waals surface area contributed by atoms with Gasteiger partial charge in [-0.25, -0.2) is 9.40 Å². The molecule has 2 heterocycles. The molecule has 2 aliphatic heterocycles. The monoisotopic (exact) mass is 450 g/mol. The highest BCUT2D eigenvalue weighted by Gasteiger charge is 2.35. The third kappa shape index (κ3) is 3.71. The van der Waals surface area contributed by atoms with Crippen molar-refractivity contribution >= 4 is 40.1 Å². The molecule has 3 aromatic rings. The molecule has 0 saturated heterocycles. The second-order valence-corrected chi connectivity index (χ2v) is 8.35. The van der Waals surface area contributed by atoms with E-state index in [-0.39, 0.29) is 11.7 Å². The van der Waals surface area contributed by atoms with Crippen LogP contribution >= 0.6 is 23.4 Å². The highest BCUT2D eigenvalue weighted by molar-refractivity contribution is 8.13. The van der Waals surface area contributed by atoms with Crippen molar-refractivity contribution in [2.45, 2.75) is 11.9 Å². The van der Waals surface area contributed by atoms with Gasteiger partial charge in [0.1, 0.15) is 11.5 Å². The van der Waals surface area contributed by atoms with E-state index in [2.05, 4.69) is 10.4 Å². The number of fused-ring (bicyclic) bond motifs is 2. The van der Waals surface area contributed by atoms with Crippen molar-refractivity contribution in [3.63, 3.8) is 0 Å². The van der Waals surface area contributed by atoms with Gasteiger partial charge < -0.3 is 0 Å². The van der Waals surface area contributed by atoms with E-state index in [0.29, 0.717) is 37.8 Å². The zero-order valence-electron chi connectivity index (χ0n) is 16.1. The van der Waals surface area contributed by atoms with Crippen molar-refractivity contribution in [3.8, 4) is 0 Å². The summed E-state index contributed by atoms with van der Waals surface area (Å²) in [6.45, 7) is 0. The number of benzene rings is 3. The number of carbonyl (C=O) groups is 1. The quantitative estimate of drug-likeness (QED) is 0.664. The number of hydrogen-bond acceptors (Lipinski definition) is 5. The molecule has 0 fully saturated rings. The number of amides is 1. The van der Waals surface area contributed by atoms with Crippen molar-refractivity contribution in [2.75, 3.05) is 0 Å². The Morgan fingerprint density at radius 1 is 1.03 bits per heavy atom. The molecule has 0 unspecified atom stereocenters. The highest BCUT2D eigenvalue weighted by atomic mass is 35.5. The molecule has 3 aromatic carbocycles. The summed E-state index contributed by atoms with van der Waals surface area (Å²) in [6.07, 6.45) is -0.589. The Kier molecular flexibility index (Phi) is 5.21. The number of para-hydroxylation sites is 1. The second kappa shape index (κ2) is 8.17. The fraction of sp³-hybridized carbons (Fsp3) is 0.0870. The molecule has 154 valence electrons. The fourth-order valence-corrected chi connectivity index (χ4v) is 4.61. The third-order valence-corrected chi connectivity index (χ3v) is 6.28. The fourth-order valence-electron chi connectivity index (χ4n) is 3.54. The predicted octanol–water partition coefficient (Wildman–Crippen LogP) is 3.56. The van der Waals surface area contributed by atoms with Crippen LogP contribution in [0, 0.1) is 5.82 Å². The Morgan fingerprint density at radius 2 is 1.77 bits per heavy atom. The van der Waals surface area contributed by atoms with Crippen LogP contribution in [0.1, 0.15) is 17.3 Å². The minimum absolute atomic E-state index is 0.287. The maximum Gasteiger partial charge on any atom is 0.276 e. The van der Waals surface area contributed by atoms with Crippen LogP contribution < -0.4 is 15.9 Å². The average Bonchev–Trinajstić information content (AvgIpc) is 2.78. The summed E-state index contributed by atoms with van der Waals surface area (Å²) < 4.78 is 14.0. The number of hydrazone groups is 1. The lowest BCUT2D eigenvalue weighted by atomic mass is 10.1. The smallest absolute Gasteiger partial charge is 0.276 e. The number of nitrogens with zero attached hydrogens (tertiary/aromatic N) is 3. The molecule has 0 spiro atoms. The normalized spacial score (nSPS) is 17.3. The Bertz CT molecular complexity index is 1340. The maximum atomic E-state index is 14.0. The van der Waals surface area contributed by atoms with Crippen LogP contribution in [0.2, 0.25) is 5.02 Å². The molecule has 2 aliphatic rings. The van der Waals surface area contributed by atoms with Crippen molar-refractivity contribution < 1.29 is 9.18 Å². The summed E-state index contributed by atoms with van der Waals surface area (Å²) in [4.78, 5) is 17.9. The van der Waals surface area contributed by atoms with Gasteiger partial charge in [-0.15, -0.1) is 5.10 Å². The second-order valence-electron chi connectivity index (χ2n) is 6.97. The van der Waals surface area contributed by atoms with Gasteiger partial charge in [0.25, 0.3) is 5.91 Å². The van der Waals surface area contributed by atoms with E-state index in [1.54, 1.807) is 29.3 Å².